The molecule has 0 unspecified atom stereocenters. The lowest BCUT2D eigenvalue weighted by molar-refractivity contribution is -0.119. The monoisotopic (exact) mass is 296 g/mol. The number of fused-ring (bicyclic) bond motifs is 1. The minimum atomic E-state index is -4.34. The third-order valence-corrected chi connectivity index (χ3v) is 3.11. The summed E-state index contributed by atoms with van der Waals surface area (Å²) in [6.45, 7) is 0.677. The minimum Gasteiger partial charge on any atom is -0.384 e. The van der Waals surface area contributed by atoms with Crippen molar-refractivity contribution in [1.82, 2.24) is 4.98 Å². The van der Waals surface area contributed by atoms with E-state index >= 15 is 0 Å². The standard InChI is InChI=1S/C14H15F3N4/c1-2-21(8-14(15,16)17)12-9-5-3-4-6-11(9)20-7-10(12)13(18)19/h3-7H,2,8H2,1H3,(H3,18,19). The van der Waals surface area contributed by atoms with Crippen molar-refractivity contribution in [1.29, 1.82) is 5.41 Å². The molecule has 0 saturated heterocycles. The van der Waals surface area contributed by atoms with Crippen molar-refractivity contribution in [3.63, 3.8) is 0 Å². The Labute approximate surface area is 119 Å². The predicted molar refractivity (Wildman–Crippen MR) is 76.7 cm³/mol. The van der Waals surface area contributed by atoms with Crippen LogP contribution in [0.15, 0.2) is 30.5 Å². The Balaban J connectivity index is 2.67. The summed E-state index contributed by atoms with van der Waals surface area (Å²) >= 11 is 0. The van der Waals surface area contributed by atoms with Crippen LogP contribution in [-0.2, 0) is 0 Å². The Bertz CT molecular complexity index is 667. The van der Waals surface area contributed by atoms with Gasteiger partial charge in [-0.05, 0) is 13.0 Å². The Kier molecular flexibility index (Phi) is 4.02. The van der Waals surface area contributed by atoms with Crippen LogP contribution in [0.25, 0.3) is 10.9 Å². The molecule has 2 aromatic rings. The second kappa shape index (κ2) is 5.59. The zero-order valence-electron chi connectivity index (χ0n) is 11.4. The van der Waals surface area contributed by atoms with Crippen molar-refractivity contribution in [3.8, 4) is 0 Å². The highest BCUT2D eigenvalue weighted by atomic mass is 19.4. The van der Waals surface area contributed by atoms with Gasteiger partial charge in [-0.3, -0.25) is 10.4 Å². The molecule has 1 aromatic heterocycles. The fourth-order valence-electron chi connectivity index (χ4n) is 2.23. The number of nitrogen functional groups attached to an aromatic ring is 1. The number of anilines is 1. The average molecular weight is 296 g/mol. The number of nitrogens with one attached hydrogen (secondary N) is 1. The first-order valence-electron chi connectivity index (χ1n) is 6.37. The lowest BCUT2D eigenvalue weighted by Crippen LogP contribution is -2.35. The van der Waals surface area contributed by atoms with Crippen molar-refractivity contribution in [2.24, 2.45) is 5.73 Å². The molecule has 0 aliphatic rings. The largest absolute Gasteiger partial charge is 0.405 e. The van der Waals surface area contributed by atoms with Gasteiger partial charge in [0.25, 0.3) is 0 Å². The topological polar surface area (TPSA) is 66.0 Å². The number of benzene rings is 1. The molecule has 21 heavy (non-hydrogen) atoms. The predicted octanol–water partition coefficient (Wildman–Crippen LogP) is 2.91. The van der Waals surface area contributed by atoms with Gasteiger partial charge in [-0.1, -0.05) is 18.2 Å². The maximum absolute atomic E-state index is 12.8. The molecule has 0 aliphatic carbocycles. The molecule has 0 spiro atoms. The third-order valence-electron chi connectivity index (χ3n) is 3.11. The molecule has 0 saturated carbocycles. The van der Waals surface area contributed by atoms with E-state index in [0.29, 0.717) is 16.6 Å². The highest BCUT2D eigenvalue weighted by Crippen LogP contribution is 2.31. The number of pyridine rings is 1. The van der Waals surface area contributed by atoms with Gasteiger partial charge >= 0.3 is 6.18 Å². The number of hydrogen-bond acceptors (Lipinski definition) is 3. The summed E-state index contributed by atoms with van der Waals surface area (Å²) in [4.78, 5) is 5.31. The number of nitrogens with zero attached hydrogens (tertiary/aromatic N) is 2. The molecule has 1 heterocycles. The van der Waals surface area contributed by atoms with Crippen LogP contribution in [0.3, 0.4) is 0 Å². The number of halogens is 3. The van der Waals surface area contributed by atoms with Crippen LogP contribution in [0.4, 0.5) is 18.9 Å². The van der Waals surface area contributed by atoms with Crippen molar-refractivity contribution in [2.45, 2.75) is 13.1 Å². The Morgan fingerprint density at radius 1 is 1.33 bits per heavy atom. The summed E-state index contributed by atoms with van der Waals surface area (Å²) in [5, 5.41) is 8.13. The second-order valence-electron chi connectivity index (χ2n) is 4.58. The number of para-hydroxylation sites is 1. The summed E-state index contributed by atoms with van der Waals surface area (Å²) in [6, 6.07) is 6.87. The lowest BCUT2D eigenvalue weighted by Gasteiger charge is -2.27. The normalized spacial score (nSPS) is 11.6. The van der Waals surface area contributed by atoms with Crippen LogP contribution in [0, 0.1) is 5.41 Å². The van der Waals surface area contributed by atoms with Crippen LogP contribution in [0.1, 0.15) is 12.5 Å². The smallest absolute Gasteiger partial charge is 0.384 e. The summed E-state index contributed by atoms with van der Waals surface area (Å²) < 4.78 is 38.3. The highest BCUT2D eigenvalue weighted by molar-refractivity contribution is 6.07. The fraction of sp³-hybridized carbons (Fsp3) is 0.286. The molecule has 4 nitrogen and oxygen atoms in total. The number of aromatic nitrogens is 1. The van der Waals surface area contributed by atoms with Gasteiger partial charge in [-0.25, -0.2) is 0 Å². The molecule has 0 aliphatic heterocycles. The molecule has 0 atom stereocenters. The van der Waals surface area contributed by atoms with Crippen LogP contribution >= 0.6 is 0 Å². The number of alkyl halides is 3. The van der Waals surface area contributed by atoms with E-state index in [0.717, 1.165) is 0 Å². The molecular formula is C14H15F3N4. The molecule has 7 heteroatoms. The van der Waals surface area contributed by atoms with Crippen LogP contribution < -0.4 is 10.6 Å². The van der Waals surface area contributed by atoms with Gasteiger partial charge in [0.1, 0.15) is 12.4 Å². The third kappa shape index (κ3) is 3.24. The minimum absolute atomic E-state index is 0.147. The molecular weight excluding hydrogens is 281 g/mol. The fourth-order valence-corrected chi connectivity index (χ4v) is 2.23. The lowest BCUT2D eigenvalue weighted by atomic mass is 10.1. The number of rotatable bonds is 4. The first kappa shape index (κ1) is 15.1. The van der Waals surface area contributed by atoms with Gasteiger partial charge in [0, 0.05) is 18.1 Å². The van der Waals surface area contributed by atoms with Crippen molar-refractivity contribution in [2.75, 3.05) is 18.0 Å². The van der Waals surface area contributed by atoms with E-state index in [9.17, 15) is 13.2 Å². The quantitative estimate of drug-likeness (QED) is 0.673. The Morgan fingerprint density at radius 2 is 2.00 bits per heavy atom. The van der Waals surface area contributed by atoms with E-state index in [-0.39, 0.29) is 17.9 Å². The SMILES string of the molecule is CCN(CC(F)(F)F)c1c(C(=N)N)cnc2ccccc12. The molecule has 0 bridgehead atoms. The summed E-state index contributed by atoms with van der Waals surface area (Å²) in [5.74, 6) is -0.302. The van der Waals surface area contributed by atoms with E-state index < -0.39 is 12.7 Å². The molecule has 0 fully saturated rings. The Morgan fingerprint density at radius 3 is 2.57 bits per heavy atom. The van der Waals surface area contributed by atoms with Crippen molar-refractivity contribution < 1.29 is 13.2 Å². The van der Waals surface area contributed by atoms with Crippen LogP contribution in [0.5, 0.6) is 0 Å². The molecule has 2 rings (SSSR count). The number of hydrogen-bond donors (Lipinski definition) is 2. The summed E-state index contributed by atoms with van der Waals surface area (Å²) in [6.07, 6.45) is -2.99. The summed E-state index contributed by atoms with van der Waals surface area (Å²) in [7, 11) is 0. The molecule has 112 valence electrons. The average Bonchev–Trinajstić information content (AvgIpc) is 2.42. The molecule has 0 amide bonds. The Hall–Kier alpha value is -2.31. The van der Waals surface area contributed by atoms with Gasteiger partial charge in [-0.15, -0.1) is 0 Å². The molecule has 3 N–H and O–H groups in total. The van der Waals surface area contributed by atoms with Gasteiger partial charge < -0.3 is 10.6 Å². The van der Waals surface area contributed by atoms with Crippen molar-refractivity contribution >= 4 is 22.4 Å². The van der Waals surface area contributed by atoms with Gasteiger partial charge in [0.05, 0.1) is 16.8 Å². The number of amidine groups is 1. The maximum atomic E-state index is 12.8. The van der Waals surface area contributed by atoms with Crippen LogP contribution in [-0.4, -0.2) is 30.1 Å². The molecule has 1 aromatic carbocycles. The zero-order valence-corrected chi connectivity index (χ0v) is 11.4. The molecule has 0 radical (unpaired) electrons. The van der Waals surface area contributed by atoms with Gasteiger partial charge in [0.2, 0.25) is 0 Å². The van der Waals surface area contributed by atoms with Gasteiger partial charge in [-0.2, -0.15) is 13.2 Å². The summed E-state index contributed by atoms with van der Waals surface area (Å²) in [5.41, 5.74) is 6.57. The van der Waals surface area contributed by atoms with Crippen molar-refractivity contribution in [3.05, 3.63) is 36.0 Å². The van der Waals surface area contributed by atoms with E-state index in [1.807, 2.05) is 0 Å². The zero-order chi connectivity index (χ0) is 15.6. The van der Waals surface area contributed by atoms with E-state index in [1.165, 1.54) is 11.1 Å². The number of nitrogens with two attached hydrogens (primary N) is 1. The van der Waals surface area contributed by atoms with E-state index in [2.05, 4.69) is 4.98 Å². The van der Waals surface area contributed by atoms with E-state index in [1.54, 1.807) is 31.2 Å². The highest BCUT2D eigenvalue weighted by Gasteiger charge is 2.32. The second-order valence-corrected chi connectivity index (χ2v) is 4.58. The van der Waals surface area contributed by atoms with E-state index in [4.69, 9.17) is 11.1 Å². The maximum Gasteiger partial charge on any atom is 0.405 e. The van der Waals surface area contributed by atoms with Gasteiger partial charge in [0.15, 0.2) is 0 Å². The van der Waals surface area contributed by atoms with Crippen LogP contribution in [0.2, 0.25) is 0 Å². The first-order chi connectivity index (χ1) is 9.83. The first-order valence-corrected chi connectivity index (χ1v) is 6.37.